The van der Waals surface area contributed by atoms with E-state index in [1.54, 1.807) is 30.4 Å². The summed E-state index contributed by atoms with van der Waals surface area (Å²) >= 11 is 0. The van der Waals surface area contributed by atoms with Gasteiger partial charge in [0, 0.05) is 24.2 Å². The first kappa shape index (κ1) is 17.4. The van der Waals surface area contributed by atoms with E-state index in [9.17, 15) is 20.1 Å². The molecule has 1 fully saturated rings. The number of allylic oxidation sites excluding steroid dienone is 5. The van der Waals surface area contributed by atoms with Gasteiger partial charge in [0.2, 0.25) is 0 Å². The molecule has 0 aromatic rings. The van der Waals surface area contributed by atoms with Crippen LogP contribution in [-0.2, 0) is 4.79 Å². The lowest BCUT2D eigenvalue weighted by molar-refractivity contribution is -0.136. The predicted octanol–water partition coefficient (Wildman–Crippen LogP) is 3.38. The van der Waals surface area contributed by atoms with Crippen molar-refractivity contribution in [2.45, 2.75) is 70.1 Å². The normalized spacial score (nSPS) is 30.4. The summed E-state index contributed by atoms with van der Waals surface area (Å²) in [5, 5.41) is 39.1. The Kier molecular flexibility index (Phi) is 8.69. The second-order valence-electron chi connectivity index (χ2n) is 6.72. The zero-order valence-electron chi connectivity index (χ0n) is 19.5. The van der Waals surface area contributed by atoms with Crippen LogP contribution in [0.1, 0.15) is 57.3 Å². The fourth-order valence-corrected chi connectivity index (χ4v) is 3.17. The topological polar surface area (TPSA) is 98.0 Å². The van der Waals surface area contributed by atoms with Crippen molar-refractivity contribution in [1.82, 2.24) is 0 Å². The first-order chi connectivity index (χ1) is 14.5. The van der Waals surface area contributed by atoms with Gasteiger partial charge in [0.25, 0.3) is 0 Å². The average molecular weight is 383 g/mol. The predicted molar refractivity (Wildman–Crippen MR) is 107 cm³/mol. The Labute approximate surface area is 168 Å². The summed E-state index contributed by atoms with van der Waals surface area (Å²) in [6, 6.07) is 0. The number of aliphatic hydroxyl groups is 3. The third-order valence-electron chi connectivity index (χ3n) is 4.60. The van der Waals surface area contributed by atoms with Crippen LogP contribution < -0.4 is 0 Å². The van der Waals surface area contributed by atoms with Crippen molar-refractivity contribution in [2.75, 3.05) is 0 Å². The molecule has 1 aliphatic carbocycles. The standard InChI is InChI=1S/C22H34O5/c1-2-3-4-5-6-9-12-18-19(21(25)16-20(18)24)15-14-17(23)11-8-7-10-13-22(26)27/h3-4,6-9,14-15,17-21,23-25H,2,5,10-13,16H2,1H3,(H,26,27)/b4-3-,8-7-,9-6-,15-14+/t17-,18+,19-,20+,21-/m0/s1/i1D2,2D2. The van der Waals surface area contributed by atoms with Crippen LogP contribution in [0.2, 0.25) is 0 Å². The Morgan fingerprint density at radius 1 is 1.19 bits per heavy atom. The molecule has 27 heavy (non-hydrogen) atoms. The lowest BCUT2D eigenvalue weighted by atomic mass is 9.89. The van der Waals surface area contributed by atoms with E-state index in [0.717, 1.165) is 0 Å². The molecule has 0 unspecified atom stereocenters. The maximum absolute atomic E-state index is 10.4. The van der Waals surface area contributed by atoms with Gasteiger partial charge in [-0.1, -0.05) is 55.5 Å². The largest absolute Gasteiger partial charge is 0.481 e. The molecule has 1 rings (SSSR count). The first-order valence-corrected chi connectivity index (χ1v) is 9.31. The van der Waals surface area contributed by atoms with E-state index in [0.29, 0.717) is 25.7 Å². The molecule has 0 aromatic heterocycles. The molecule has 4 N–H and O–H groups in total. The highest BCUT2D eigenvalue weighted by Gasteiger charge is 2.39. The van der Waals surface area contributed by atoms with Gasteiger partial charge < -0.3 is 20.4 Å². The van der Waals surface area contributed by atoms with Crippen molar-refractivity contribution >= 4 is 5.97 Å². The summed E-state index contributed by atoms with van der Waals surface area (Å²) < 4.78 is 29.3. The maximum atomic E-state index is 10.4. The summed E-state index contributed by atoms with van der Waals surface area (Å²) in [6.45, 7) is -1.59. The van der Waals surface area contributed by atoms with Crippen molar-refractivity contribution in [3.63, 3.8) is 0 Å². The van der Waals surface area contributed by atoms with Crippen LogP contribution in [0.4, 0.5) is 0 Å². The van der Waals surface area contributed by atoms with Gasteiger partial charge in [-0.25, -0.2) is 0 Å². The van der Waals surface area contributed by atoms with Crippen LogP contribution >= 0.6 is 0 Å². The molecule has 0 heterocycles. The highest BCUT2D eigenvalue weighted by molar-refractivity contribution is 5.66. The van der Waals surface area contributed by atoms with Gasteiger partial charge >= 0.3 is 5.97 Å². The summed E-state index contributed by atoms with van der Waals surface area (Å²) in [5.74, 6) is -1.38. The van der Waals surface area contributed by atoms with E-state index < -0.39 is 37.5 Å². The van der Waals surface area contributed by atoms with Crippen LogP contribution in [-0.4, -0.2) is 44.7 Å². The van der Waals surface area contributed by atoms with Crippen LogP contribution in [0.15, 0.2) is 48.6 Å². The molecule has 0 radical (unpaired) electrons. The quantitative estimate of drug-likeness (QED) is 0.388. The van der Waals surface area contributed by atoms with Gasteiger partial charge in [-0.2, -0.15) is 0 Å². The summed E-state index contributed by atoms with van der Waals surface area (Å²) in [6.07, 6.45) is 11.0. The molecule has 5 nitrogen and oxygen atoms in total. The smallest absolute Gasteiger partial charge is 0.303 e. The molecule has 5 atom stereocenters. The van der Waals surface area contributed by atoms with Gasteiger partial charge in [0.05, 0.1) is 18.3 Å². The summed E-state index contributed by atoms with van der Waals surface area (Å²) in [7, 11) is 0. The Bertz CT molecular complexity index is 660. The number of carboxylic acids is 1. The van der Waals surface area contributed by atoms with E-state index in [-0.39, 0.29) is 24.7 Å². The molecular weight excluding hydrogens is 344 g/mol. The number of hydrogen-bond acceptors (Lipinski definition) is 4. The van der Waals surface area contributed by atoms with Gasteiger partial charge in [-0.15, -0.1) is 0 Å². The Morgan fingerprint density at radius 3 is 2.70 bits per heavy atom. The molecule has 1 saturated carbocycles. The van der Waals surface area contributed by atoms with Crippen molar-refractivity contribution in [1.29, 1.82) is 0 Å². The molecular formula is C22H34O5. The zero-order chi connectivity index (χ0) is 23.4. The monoisotopic (exact) mass is 382 g/mol. The van der Waals surface area contributed by atoms with Crippen LogP contribution in [0.5, 0.6) is 0 Å². The number of hydrogen-bond donors (Lipinski definition) is 4. The number of aliphatic carboxylic acids is 1. The first-order valence-electron chi connectivity index (χ1n) is 11.5. The minimum absolute atomic E-state index is 0.0433. The fourth-order valence-electron chi connectivity index (χ4n) is 3.17. The van der Waals surface area contributed by atoms with Crippen molar-refractivity contribution < 1.29 is 30.7 Å². The van der Waals surface area contributed by atoms with Gasteiger partial charge in [-0.3, -0.25) is 4.79 Å². The van der Waals surface area contributed by atoms with E-state index in [4.69, 9.17) is 10.6 Å². The summed E-state index contributed by atoms with van der Waals surface area (Å²) in [4.78, 5) is 10.4. The third-order valence-corrected chi connectivity index (χ3v) is 4.60. The Hall–Kier alpha value is -1.69. The molecule has 0 aromatic carbocycles. The molecule has 0 saturated heterocycles. The molecule has 152 valence electrons. The summed E-state index contributed by atoms with van der Waals surface area (Å²) in [5.41, 5.74) is 0. The minimum Gasteiger partial charge on any atom is -0.481 e. The molecule has 1 aliphatic rings. The van der Waals surface area contributed by atoms with Crippen LogP contribution in [0.3, 0.4) is 0 Å². The lowest BCUT2D eigenvalue weighted by Gasteiger charge is -2.19. The Balaban J connectivity index is 2.53. The second-order valence-corrected chi connectivity index (χ2v) is 6.72. The van der Waals surface area contributed by atoms with Crippen molar-refractivity contribution in [3.8, 4) is 0 Å². The number of rotatable bonds is 12. The lowest BCUT2D eigenvalue weighted by Crippen LogP contribution is -2.20. The van der Waals surface area contributed by atoms with Crippen molar-refractivity contribution in [3.05, 3.63) is 48.6 Å². The van der Waals surface area contributed by atoms with Crippen molar-refractivity contribution in [2.24, 2.45) is 11.8 Å². The minimum atomic E-state index is -2.00. The second kappa shape index (κ2) is 13.5. The SMILES string of the molecule is [2H]C([2H])C([2H])([2H])/C=C\C/C=C\C[C@@H]1[C@H](/C=C/[C@@H](O)C/C=C\CCC(=O)O)[C@@H](O)C[C@H]1O. The van der Waals surface area contributed by atoms with E-state index in [1.165, 1.54) is 6.08 Å². The molecule has 0 amide bonds. The molecule has 0 spiro atoms. The van der Waals surface area contributed by atoms with Crippen LogP contribution in [0.25, 0.3) is 0 Å². The molecule has 5 heteroatoms. The van der Waals surface area contributed by atoms with E-state index >= 15 is 0 Å². The maximum Gasteiger partial charge on any atom is 0.303 e. The average Bonchev–Trinajstić information content (AvgIpc) is 2.94. The zero-order valence-corrected chi connectivity index (χ0v) is 15.5. The van der Waals surface area contributed by atoms with Crippen LogP contribution in [0, 0.1) is 11.8 Å². The van der Waals surface area contributed by atoms with Gasteiger partial charge in [-0.05, 0) is 38.0 Å². The van der Waals surface area contributed by atoms with Gasteiger partial charge in [0.1, 0.15) is 0 Å². The van der Waals surface area contributed by atoms with E-state index in [1.807, 2.05) is 12.2 Å². The molecule has 0 aliphatic heterocycles. The number of carbonyl (C=O) groups is 1. The van der Waals surface area contributed by atoms with E-state index in [2.05, 4.69) is 0 Å². The molecule has 0 bridgehead atoms. The van der Waals surface area contributed by atoms with Gasteiger partial charge in [0.15, 0.2) is 0 Å². The number of aliphatic hydroxyl groups excluding tert-OH is 3. The highest BCUT2D eigenvalue weighted by Crippen LogP contribution is 2.36. The third kappa shape index (κ3) is 9.70. The highest BCUT2D eigenvalue weighted by atomic mass is 16.4. The fraction of sp³-hybridized carbons (Fsp3) is 0.591. The Morgan fingerprint density at radius 2 is 1.96 bits per heavy atom. The number of carboxylic acid groups (broad SMARTS) is 1.